The highest BCUT2D eigenvalue weighted by Gasteiger charge is 2.29. The summed E-state index contributed by atoms with van der Waals surface area (Å²) in [7, 11) is 0. The molecular formula is C20H23N3O2. The van der Waals surface area contributed by atoms with Crippen molar-refractivity contribution < 1.29 is 9.59 Å². The average molecular weight is 337 g/mol. The fourth-order valence-electron chi connectivity index (χ4n) is 3.88. The van der Waals surface area contributed by atoms with E-state index in [0.717, 1.165) is 42.6 Å². The van der Waals surface area contributed by atoms with E-state index in [-0.39, 0.29) is 17.9 Å². The monoisotopic (exact) mass is 337 g/mol. The zero-order valence-corrected chi connectivity index (χ0v) is 14.7. The molecule has 1 aromatic carbocycles. The summed E-state index contributed by atoms with van der Waals surface area (Å²) < 4.78 is 0. The molecule has 2 amide bonds. The summed E-state index contributed by atoms with van der Waals surface area (Å²) in [5.74, 6) is 1.36. The second kappa shape index (κ2) is 6.64. The minimum Gasteiger partial charge on any atom is -0.369 e. The van der Waals surface area contributed by atoms with Crippen LogP contribution in [0, 0.1) is 12.3 Å². The van der Waals surface area contributed by atoms with Gasteiger partial charge < -0.3 is 16.0 Å². The first-order chi connectivity index (χ1) is 11.9. The minimum absolute atomic E-state index is 0.0375. The summed E-state index contributed by atoms with van der Waals surface area (Å²) in [5.41, 5.74) is 11.9. The van der Waals surface area contributed by atoms with E-state index >= 15 is 0 Å². The Morgan fingerprint density at radius 3 is 2.80 bits per heavy atom. The molecule has 5 nitrogen and oxygen atoms in total. The van der Waals surface area contributed by atoms with Gasteiger partial charge in [-0.15, -0.1) is 6.42 Å². The van der Waals surface area contributed by atoms with Crippen molar-refractivity contribution in [2.75, 3.05) is 18.0 Å². The van der Waals surface area contributed by atoms with E-state index in [1.54, 1.807) is 0 Å². The number of fused-ring (bicyclic) bond motifs is 1. The van der Waals surface area contributed by atoms with E-state index in [0.29, 0.717) is 12.1 Å². The number of terminal acetylenes is 1. The van der Waals surface area contributed by atoms with Crippen molar-refractivity contribution in [2.24, 2.45) is 5.73 Å². The first kappa shape index (κ1) is 17.1. The molecular weight excluding hydrogens is 314 g/mol. The molecule has 0 spiro atoms. The maximum Gasteiger partial charge on any atom is 0.295 e. The maximum absolute atomic E-state index is 11.8. The van der Waals surface area contributed by atoms with Crippen molar-refractivity contribution in [1.82, 2.24) is 5.32 Å². The fourth-order valence-corrected chi connectivity index (χ4v) is 3.88. The Labute approximate surface area is 148 Å². The SMILES string of the molecule is C#CC(=O)N[C@@H]1CCCN(c2ccc(C(N)=O)c3c2C(C)=C(C)C3)C1. The molecule has 1 fully saturated rings. The number of carbonyl (C=O) groups is 2. The Hall–Kier alpha value is -2.74. The zero-order chi connectivity index (χ0) is 18.1. The molecule has 0 radical (unpaired) electrons. The lowest BCUT2D eigenvalue weighted by molar-refractivity contribution is -0.116. The van der Waals surface area contributed by atoms with Crippen molar-refractivity contribution in [2.45, 2.75) is 39.2 Å². The van der Waals surface area contributed by atoms with Gasteiger partial charge in [-0.25, -0.2) is 0 Å². The third-order valence-electron chi connectivity index (χ3n) is 5.24. The third-order valence-corrected chi connectivity index (χ3v) is 5.24. The van der Waals surface area contributed by atoms with Gasteiger partial charge in [0.05, 0.1) is 0 Å². The van der Waals surface area contributed by atoms with Crippen molar-refractivity contribution in [3.05, 3.63) is 34.4 Å². The molecule has 0 unspecified atom stereocenters. The Morgan fingerprint density at radius 1 is 1.36 bits per heavy atom. The number of piperidine rings is 1. The van der Waals surface area contributed by atoms with Crippen LogP contribution in [-0.2, 0) is 11.2 Å². The number of anilines is 1. The smallest absolute Gasteiger partial charge is 0.295 e. The second-order valence-electron chi connectivity index (χ2n) is 6.84. The van der Waals surface area contributed by atoms with E-state index in [1.165, 1.54) is 11.1 Å². The van der Waals surface area contributed by atoms with Crippen LogP contribution in [0.25, 0.3) is 5.57 Å². The van der Waals surface area contributed by atoms with Gasteiger partial charge in [-0.05, 0) is 62.3 Å². The molecule has 1 saturated heterocycles. The van der Waals surface area contributed by atoms with Gasteiger partial charge in [0.25, 0.3) is 5.91 Å². The number of rotatable bonds is 3. The Kier molecular flexibility index (Phi) is 4.54. The van der Waals surface area contributed by atoms with Gasteiger partial charge in [0.1, 0.15) is 0 Å². The van der Waals surface area contributed by atoms with Crippen LogP contribution in [0.3, 0.4) is 0 Å². The van der Waals surface area contributed by atoms with Crippen LogP contribution < -0.4 is 16.0 Å². The summed E-state index contributed by atoms with van der Waals surface area (Å²) in [6.45, 7) is 5.81. The molecule has 1 aromatic rings. The molecule has 3 N–H and O–H groups in total. The second-order valence-corrected chi connectivity index (χ2v) is 6.84. The number of allylic oxidation sites excluding steroid dienone is 2. The largest absolute Gasteiger partial charge is 0.369 e. The molecule has 1 atom stereocenters. The van der Waals surface area contributed by atoms with Gasteiger partial charge >= 0.3 is 0 Å². The summed E-state index contributed by atoms with van der Waals surface area (Å²) in [4.78, 5) is 25.6. The van der Waals surface area contributed by atoms with Crippen molar-refractivity contribution in [1.29, 1.82) is 0 Å². The molecule has 0 aromatic heterocycles. The van der Waals surface area contributed by atoms with E-state index in [9.17, 15) is 9.59 Å². The molecule has 5 heteroatoms. The molecule has 3 rings (SSSR count). The van der Waals surface area contributed by atoms with Crippen LogP contribution in [0.15, 0.2) is 17.7 Å². The zero-order valence-electron chi connectivity index (χ0n) is 14.7. The fraction of sp³-hybridized carbons (Fsp3) is 0.400. The van der Waals surface area contributed by atoms with Crippen LogP contribution >= 0.6 is 0 Å². The summed E-state index contributed by atoms with van der Waals surface area (Å²) >= 11 is 0. The van der Waals surface area contributed by atoms with Crippen LogP contribution in [0.1, 0.15) is 48.2 Å². The van der Waals surface area contributed by atoms with Crippen LogP contribution in [-0.4, -0.2) is 30.9 Å². The summed E-state index contributed by atoms with van der Waals surface area (Å²) in [6, 6.07) is 3.84. The number of hydrogen-bond donors (Lipinski definition) is 2. The normalized spacial score (nSPS) is 19.4. The van der Waals surface area contributed by atoms with Gasteiger partial charge in [-0.1, -0.05) is 5.57 Å². The lowest BCUT2D eigenvalue weighted by Gasteiger charge is -2.36. The summed E-state index contributed by atoms with van der Waals surface area (Å²) in [6.07, 6.45) is 7.82. The van der Waals surface area contributed by atoms with E-state index in [1.807, 2.05) is 12.1 Å². The first-order valence-electron chi connectivity index (χ1n) is 8.56. The van der Waals surface area contributed by atoms with E-state index in [4.69, 9.17) is 12.2 Å². The van der Waals surface area contributed by atoms with E-state index < -0.39 is 0 Å². The Morgan fingerprint density at radius 2 is 2.12 bits per heavy atom. The van der Waals surface area contributed by atoms with Crippen LogP contribution in [0.2, 0.25) is 0 Å². The Balaban J connectivity index is 1.95. The molecule has 0 saturated carbocycles. The van der Waals surface area contributed by atoms with Gasteiger partial charge in [0.2, 0.25) is 5.91 Å². The topological polar surface area (TPSA) is 75.4 Å². The minimum atomic E-state index is -0.386. The highest BCUT2D eigenvalue weighted by molar-refractivity contribution is 5.99. The predicted molar refractivity (Wildman–Crippen MR) is 99.1 cm³/mol. The lowest BCUT2D eigenvalue weighted by Crippen LogP contribution is -2.47. The van der Waals surface area contributed by atoms with Crippen molar-refractivity contribution in [3.63, 3.8) is 0 Å². The molecule has 130 valence electrons. The number of nitrogens with one attached hydrogen (secondary N) is 1. The third kappa shape index (κ3) is 3.12. The standard InChI is InChI=1S/C20H23N3O2/c1-4-18(24)22-14-6-5-9-23(11-14)17-8-7-15(20(21)25)16-10-12(2)13(3)19(16)17/h1,7-8,14H,5-6,9-11H2,2-3H3,(H2,21,25)(H,22,24)/t14-/m1/s1. The first-order valence-corrected chi connectivity index (χ1v) is 8.56. The number of nitrogens with zero attached hydrogens (tertiary/aromatic N) is 1. The maximum atomic E-state index is 11.8. The molecule has 1 aliphatic heterocycles. The van der Waals surface area contributed by atoms with E-state index in [2.05, 4.69) is 30.0 Å². The lowest BCUT2D eigenvalue weighted by atomic mass is 9.95. The number of nitrogens with two attached hydrogens (primary N) is 1. The molecule has 2 aliphatic rings. The predicted octanol–water partition coefficient (Wildman–Crippen LogP) is 1.85. The number of amides is 2. The molecule has 25 heavy (non-hydrogen) atoms. The van der Waals surface area contributed by atoms with Gasteiger partial charge in [-0.3, -0.25) is 9.59 Å². The average Bonchev–Trinajstić information content (AvgIpc) is 2.89. The summed E-state index contributed by atoms with van der Waals surface area (Å²) in [5, 5.41) is 2.88. The van der Waals surface area contributed by atoms with Crippen LogP contribution in [0.4, 0.5) is 5.69 Å². The Bertz CT molecular complexity index is 817. The number of primary amides is 1. The molecule has 1 heterocycles. The van der Waals surface area contributed by atoms with Crippen LogP contribution in [0.5, 0.6) is 0 Å². The van der Waals surface area contributed by atoms with Gasteiger partial charge in [0.15, 0.2) is 0 Å². The van der Waals surface area contributed by atoms with Gasteiger partial charge in [0, 0.05) is 35.9 Å². The van der Waals surface area contributed by atoms with Crippen molar-refractivity contribution >= 4 is 23.1 Å². The number of benzene rings is 1. The number of carbonyl (C=O) groups excluding carboxylic acids is 2. The quantitative estimate of drug-likeness (QED) is 0.827. The highest BCUT2D eigenvalue weighted by Crippen LogP contribution is 2.41. The highest BCUT2D eigenvalue weighted by atomic mass is 16.1. The van der Waals surface area contributed by atoms with Gasteiger partial charge in [-0.2, -0.15) is 0 Å². The molecule has 0 bridgehead atoms. The number of hydrogen-bond acceptors (Lipinski definition) is 3. The molecule has 1 aliphatic carbocycles. The van der Waals surface area contributed by atoms with Crippen molar-refractivity contribution in [3.8, 4) is 12.3 Å².